The fourth-order valence-corrected chi connectivity index (χ4v) is 2.26. The van der Waals surface area contributed by atoms with Crippen LogP contribution in [0.1, 0.15) is 11.1 Å². The zero-order chi connectivity index (χ0) is 15.0. The van der Waals surface area contributed by atoms with Gasteiger partial charge in [-0.25, -0.2) is 0 Å². The molecular formula is C16H14O5. The highest BCUT2D eigenvalue weighted by Crippen LogP contribution is 2.44. The highest BCUT2D eigenvalue weighted by Gasteiger charge is 2.23. The minimum Gasteiger partial charge on any atom is -0.504 e. The lowest BCUT2D eigenvalue weighted by atomic mass is 10.1. The smallest absolute Gasteiger partial charge is 0.201 e. The lowest BCUT2D eigenvalue weighted by Crippen LogP contribution is -1.89. The number of phenols is 3. The first-order valence-electron chi connectivity index (χ1n) is 6.37. The largest absolute Gasteiger partial charge is 0.504 e. The first kappa shape index (κ1) is 13.2. The van der Waals surface area contributed by atoms with Crippen LogP contribution in [0.3, 0.4) is 0 Å². The molecule has 0 saturated carbocycles. The third kappa shape index (κ3) is 2.33. The number of hydrogen-bond donors (Lipinski definition) is 3. The van der Waals surface area contributed by atoms with Crippen LogP contribution in [-0.4, -0.2) is 22.4 Å². The molecule has 0 aliphatic carbocycles. The van der Waals surface area contributed by atoms with Gasteiger partial charge in [0.1, 0.15) is 5.76 Å². The normalized spacial score (nSPS) is 14.8. The van der Waals surface area contributed by atoms with E-state index < -0.39 is 0 Å². The minimum atomic E-state index is -0.251. The Balaban J connectivity index is 1.92. The summed E-state index contributed by atoms with van der Waals surface area (Å²) in [5.74, 6) is 0.907. The second-order valence-corrected chi connectivity index (χ2v) is 4.74. The fourth-order valence-electron chi connectivity index (χ4n) is 2.26. The van der Waals surface area contributed by atoms with E-state index in [4.69, 9.17) is 9.47 Å². The molecule has 0 bridgehead atoms. The quantitative estimate of drug-likeness (QED) is 0.740. The topological polar surface area (TPSA) is 79.2 Å². The summed E-state index contributed by atoms with van der Waals surface area (Å²) in [7, 11) is 1.48. The molecule has 1 aliphatic heterocycles. The van der Waals surface area contributed by atoms with E-state index in [0.717, 1.165) is 11.1 Å². The molecule has 2 aromatic carbocycles. The summed E-state index contributed by atoms with van der Waals surface area (Å²) in [4.78, 5) is 0. The number of benzene rings is 2. The van der Waals surface area contributed by atoms with Gasteiger partial charge in [0.05, 0.1) is 7.11 Å². The molecule has 21 heavy (non-hydrogen) atoms. The van der Waals surface area contributed by atoms with E-state index in [-0.39, 0.29) is 23.0 Å². The number of aromatic hydroxyl groups is 3. The van der Waals surface area contributed by atoms with E-state index in [9.17, 15) is 15.3 Å². The Kier molecular flexibility index (Phi) is 3.10. The van der Waals surface area contributed by atoms with Gasteiger partial charge in [-0.15, -0.1) is 0 Å². The van der Waals surface area contributed by atoms with E-state index >= 15 is 0 Å². The number of fused-ring (bicyclic) bond motifs is 1. The van der Waals surface area contributed by atoms with Gasteiger partial charge in [-0.05, 0) is 29.8 Å². The Morgan fingerprint density at radius 2 is 1.86 bits per heavy atom. The van der Waals surface area contributed by atoms with Crippen molar-refractivity contribution < 1.29 is 24.8 Å². The lowest BCUT2D eigenvalue weighted by molar-refractivity contribution is 0.368. The van der Waals surface area contributed by atoms with Crippen molar-refractivity contribution in [2.75, 3.05) is 7.11 Å². The molecule has 0 amide bonds. The van der Waals surface area contributed by atoms with Crippen LogP contribution in [0.15, 0.2) is 36.1 Å². The molecule has 3 N–H and O–H groups in total. The van der Waals surface area contributed by atoms with Gasteiger partial charge >= 0.3 is 0 Å². The van der Waals surface area contributed by atoms with E-state index in [1.807, 2.05) is 0 Å². The number of hydrogen-bond acceptors (Lipinski definition) is 5. The molecule has 0 atom stereocenters. The molecular weight excluding hydrogens is 272 g/mol. The van der Waals surface area contributed by atoms with Gasteiger partial charge in [0, 0.05) is 12.0 Å². The summed E-state index contributed by atoms with van der Waals surface area (Å²) in [6.45, 7) is 0. The Hall–Kier alpha value is -2.82. The second-order valence-electron chi connectivity index (χ2n) is 4.74. The molecule has 3 rings (SSSR count). The van der Waals surface area contributed by atoms with Crippen molar-refractivity contribution in [2.45, 2.75) is 6.42 Å². The van der Waals surface area contributed by atoms with Crippen LogP contribution < -0.4 is 9.47 Å². The molecule has 5 heteroatoms. The van der Waals surface area contributed by atoms with Crippen molar-refractivity contribution in [1.29, 1.82) is 0 Å². The summed E-state index contributed by atoms with van der Waals surface area (Å²) < 4.78 is 10.6. The van der Waals surface area contributed by atoms with Crippen LogP contribution in [0.4, 0.5) is 0 Å². The Labute approximate surface area is 121 Å². The Bertz CT molecular complexity index is 734. The maximum Gasteiger partial charge on any atom is 0.201 e. The van der Waals surface area contributed by atoms with Crippen LogP contribution >= 0.6 is 0 Å². The second kappa shape index (κ2) is 4.94. The molecule has 0 fully saturated rings. The van der Waals surface area contributed by atoms with Crippen molar-refractivity contribution in [3.8, 4) is 28.7 Å². The van der Waals surface area contributed by atoms with Gasteiger partial charge in [0.15, 0.2) is 23.0 Å². The van der Waals surface area contributed by atoms with Crippen LogP contribution in [-0.2, 0) is 6.42 Å². The molecule has 1 aliphatic rings. The van der Waals surface area contributed by atoms with Gasteiger partial charge in [-0.1, -0.05) is 12.1 Å². The van der Waals surface area contributed by atoms with E-state index in [2.05, 4.69) is 0 Å². The third-order valence-electron chi connectivity index (χ3n) is 3.32. The van der Waals surface area contributed by atoms with Gasteiger partial charge in [0.25, 0.3) is 0 Å². The van der Waals surface area contributed by atoms with Crippen molar-refractivity contribution >= 4 is 6.08 Å². The van der Waals surface area contributed by atoms with E-state index in [1.54, 1.807) is 24.3 Å². The van der Waals surface area contributed by atoms with Crippen LogP contribution in [0.2, 0.25) is 0 Å². The molecule has 0 unspecified atom stereocenters. The maximum atomic E-state index is 9.77. The van der Waals surface area contributed by atoms with Crippen molar-refractivity contribution in [1.82, 2.24) is 0 Å². The minimum absolute atomic E-state index is 0.0674. The summed E-state index contributed by atoms with van der Waals surface area (Å²) in [5, 5.41) is 28.8. The van der Waals surface area contributed by atoms with Crippen LogP contribution in [0, 0.1) is 0 Å². The van der Waals surface area contributed by atoms with Crippen molar-refractivity contribution in [2.24, 2.45) is 0 Å². The first-order valence-corrected chi connectivity index (χ1v) is 6.37. The zero-order valence-corrected chi connectivity index (χ0v) is 11.3. The SMILES string of the molecule is COc1cc(C=C2Cc3ccc(O)c(O)c3O2)ccc1O. The summed E-state index contributed by atoms with van der Waals surface area (Å²) in [6.07, 6.45) is 2.31. The van der Waals surface area contributed by atoms with Gasteiger partial charge in [0.2, 0.25) is 5.75 Å². The van der Waals surface area contributed by atoms with Gasteiger partial charge in [-0.2, -0.15) is 0 Å². The van der Waals surface area contributed by atoms with E-state index in [1.165, 1.54) is 19.2 Å². The molecule has 108 valence electrons. The Morgan fingerprint density at radius 3 is 2.62 bits per heavy atom. The number of phenolic OH excluding ortho intramolecular Hbond substituents is 3. The number of allylic oxidation sites excluding steroid dienone is 1. The van der Waals surface area contributed by atoms with Gasteiger partial charge in [-0.3, -0.25) is 0 Å². The molecule has 1 heterocycles. The summed E-state index contributed by atoms with van der Waals surface area (Å²) >= 11 is 0. The highest BCUT2D eigenvalue weighted by molar-refractivity contribution is 5.63. The monoisotopic (exact) mass is 286 g/mol. The first-order chi connectivity index (χ1) is 10.1. The summed E-state index contributed by atoms with van der Waals surface area (Å²) in [5.41, 5.74) is 1.61. The standard InChI is InChI=1S/C16H14O5/c1-20-14-7-9(2-4-12(14)17)6-11-8-10-3-5-13(18)15(19)16(10)21-11/h2-7,17-19H,8H2,1H3. The lowest BCUT2D eigenvalue weighted by Gasteiger charge is -2.05. The molecule has 0 spiro atoms. The predicted octanol–water partition coefficient (Wildman–Crippen LogP) is 2.79. The Morgan fingerprint density at radius 1 is 1.10 bits per heavy atom. The number of methoxy groups -OCH3 is 1. The highest BCUT2D eigenvalue weighted by atomic mass is 16.5. The van der Waals surface area contributed by atoms with Crippen LogP contribution in [0.5, 0.6) is 28.7 Å². The molecule has 0 aromatic heterocycles. The predicted molar refractivity (Wildman–Crippen MR) is 76.7 cm³/mol. The van der Waals surface area contributed by atoms with Crippen molar-refractivity contribution in [3.63, 3.8) is 0 Å². The number of ether oxygens (including phenoxy) is 2. The summed E-state index contributed by atoms with van der Waals surface area (Å²) in [6, 6.07) is 8.10. The molecule has 2 aromatic rings. The average Bonchev–Trinajstić information content (AvgIpc) is 2.88. The molecule has 0 radical (unpaired) electrons. The van der Waals surface area contributed by atoms with Gasteiger partial charge < -0.3 is 24.8 Å². The average molecular weight is 286 g/mol. The van der Waals surface area contributed by atoms with Crippen LogP contribution in [0.25, 0.3) is 6.08 Å². The fraction of sp³-hybridized carbons (Fsp3) is 0.125. The van der Waals surface area contributed by atoms with E-state index in [0.29, 0.717) is 17.9 Å². The molecule has 5 nitrogen and oxygen atoms in total. The molecule has 0 saturated heterocycles. The van der Waals surface area contributed by atoms with Crippen molar-refractivity contribution in [3.05, 3.63) is 47.2 Å². The third-order valence-corrected chi connectivity index (χ3v) is 3.32. The zero-order valence-electron chi connectivity index (χ0n) is 11.3. The maximum absolute atomic E-state index is 9.77. The number of rotatable bonds is 2.